The first-order valence-corrected chi connectivity index (χ1v) is 11.0. The number of piperidine rings is 1. The molecule has 4 rings (SSSR count). The quantitative estimate of drug-likeness (QED) is 0.552. The number of hydrogen-bond acceptors (Lipinski definition) is 2. The number of benzene rings is 3. The Bertz CT molecular complexity index is 914. The van der Waals surface area contributed by atoms with Crippen molar-refractivity contribution in [2.75, 3.05) is 20.2 Å². The highest BCUT2D eigenvalue weighted by Crippen LogP contribution is 2.34. The Morgan fingerprint density at radius 1 is 0.867 bits per heavy atom. The summed E-state index contributed by atoms with van der Waals surface area (Å²) >= 11 is 5.84. The van der Waals surface area contributed by atoms with E-state index in [0.29, 0.717) is 5.92 Å². The van der Waals surface area contributed by atoms with Crippen molar-refractivity contribution in [3.63, 3.8) is 0 Å². The van der Waals surface area contributed by atoms with Gasteiger partial charge in [-0.15, -0.1) is 0 Å². The van der Waals surface area contributed by atoms with Crippen LogP contribution in [0.1, 0.15) is 41.5 Å². The lowest BCUT2D eigenvalue weighted by atomic mass is 9.89. The lowest BCUT2D eigenvalue weighted by Crippen LogP contribution is -2.45. The summed E-state index contributed by atoms with van der Waals surface area (Å²) in [6, 6.07) is 29.4. The highest BCUT2D eigenvalue weighted by atomic mass is 32.1. The second-order valence-corrected chi connectivity index (χ2v) is 8.09. The van der Waals surface area contributed by atoms with Gasteiger partial charge in [-0.25, -0.2) is 0 Å². The van der Waals surface area contributed by atoms with Gasteiger partial charge in [-0.3, -0.25) is 0 Å². The van der Waals surface area contributed by atoms with Crippen LogP contribution in [0.25, 0.3) is 0 Å². The molecule has 3 nitrogen and oxygen atoms in total. The Morgan fingerprint density at radius 3 is 1.97 bits per heavy atom. The third-order valence-electron chi connectivity index (χ3n) is 5.89. The lowest BCUT2D eigenvalue weighted by molar-refractivity contribution is 0.302. The van der Waals surface area contributed by atoms with Crippen molar-refractivity contribution in [2.24, 2.45) is 0 Å². The van der Waals surface area contributed by atoms with Crippen molar-refractivity contribution in [3.05, 3.63) is 102 Å². The molecule has 0 unspecified atom stereocenters. The van der Waals surface area contributed by atoms with Crippen LogP contribution < -0.4 is 10.1 Å². The van der Waals surface area contributed by atoms with E-state index in [4.69, 9.17) is 17.0 Å². The number of likely N-dealkylation sites (tertiary alicyclic amines) is 1. The first kappa shape index (κ1) is 20.4. The second kappa shape index (κ2) is 9.77. The molecule has 154 valence electrons. The number of nitrogens with zero attached hydrogens (tertiary/aromatic N) is 1. The van der Waals surface area contributed by atoms with Gasteiger partial charge in [-0.05, 0) is 53.7 Å². The summed E-state index contributed by atoms with van der Waals surface area (Å²) in [6.45, 7) is 1.90. The van der Waals surface area contributed by atoms with Crippen LogP contribution in [-0.4, -0.2) is 30.2 Å². The van der Waals surface area contributed by atoms with Crippen LogP contribution in [0.4, 0.5) is 0 Å². The summed E-state index contributed by atoms with van der Waals surface area (Å²) in [4.78, 5) is 2.31. The van der Waals surface area contributed by atoms with Crippen molar-refractivity contribution in [1.82, 2.24) is 10.2 Å². The first-order chi connectivity index (χ1) is 14.8. The summed E-state index contributed by atoms with van der Waals surface area (Å²) in [5.41, 5.74) is 3.75. The zero-order valence-electron chi connectivity index (χ0n) is 17.3. The maximum absolute atomic E-state index is 5.84. The number of thiocarbonyl (C=S) groups is 1. The summed E-state index contributed by atoms with van der Waals surface area (Å²) in [5, 5.41) is 4.45. The van der Waals surface area contributed by atoms with Gasteiger partial charge in [0.25, 0.3) is 0 Å². The molecule has 1 saturated heterocycles. The molecule has 1 fully saturated rings. The first-order valence-electron chi connectivity index (χ1n) is 10.5. The molecule has 3 aromatic carbocycles. The molecule has 0 radical (unpaired) electrons. The van der Waals surface area contributed by atoms with Crippen molar-refractivity contribution in [3.8, 4) is 5.75 Å². The monoisotopic (exact) mass is 416 g/mol. The van der Waals surface area contributed by atoms with Gasteiger partial charge in [0, 0.05) is 13.1 Å². The standard InChI is InChI=1S/C26H28N2OS/c1-29-24-15-9-8-14-23(24)20-16-18-28(19-17-20)26(30)27-25(21-10-4-2-5-11-21)22-12-6-3-7-13-22/h2-15,20,25H,16-19H2,1H3,(H,27,30). The fourth-order valence-electron chi connectivity index (χ4n) is 4.26. The molecule has 0 atom stereocenters. The maximum atomic E-state index is 5.84. The Hall–Kier alpha value is -2.85. The molecule has 0 bridgehead atoms. The van der Waals surface area contributed by atoms with Gasteiger partial charge in [0.15, 0.2) is 5.11 Å². The number of hydrogen-bond donors (Lipinski definition) is 1. The molecule has 3 aromatic rings. The average molecular weight is 417 g/mol. The molecule has 30 heavy (non-hydrogen) atoms. The number of methoxy groups -OCH3 is 1. The molecule has 1 aliphatic rings. The third kappa shape index (κ3) is 4.65. The summed E-state index contributed by atoms with van der Waals surface area (Å²) in [5.74, 6) is 1.50. The Kier molecular flexibility index (Phi) is 6.65. The van der Waals surface area contributed by atoms with E-state index in [0.717, 1.165) is 36.8 Å². The predicted octanol–water partition coefficient (Wildman–Crippen LogP) is 5.54. The van der Waals surface area contributed by atoms with Crippen LogP contribution >= 0.6 is 12.2 Å². The molecule has 0 saturated carbocycles. The molecule has 1 N–H and O–H groups in total. The number of para-hydroxylation sites is 1. The highest BCUT2D eigenvalue weighted by molar-refractivity contribution is 7.80. The van der Waals surface area contributed by atoms with Gasteiger partial charge in [0.2, 0.25) is 0 Å². The van der Waals surface area contributed by atoms with Crippen LogP contribution in [0.5, 0.6) is 5.75 Å². The van der Waals surface area contributed by atoms with Gasteiger partial charge in [-0.2, -0.15) is 0 Å². The highest BCUT2D eigenvalue weighted by Gasteiger charge is 2.25. The largest absolute Gasteiger partial charge is 0.496 e. The summed E-state index contributed by atoms with van der Waals surface area (Å²) in [7, 11) is 1.75. The average Bonchev–Trinajstić information content (AvgIpc) is 2.83. The second-order valence-electron chi connectivity index (χ2n) is 7.71. The lowest BCUT2D eigenvalue weighted by Gasteiger charge is -2.36. The van der Waals surface area contributed by atoms with Crippen molar-refractivity contribution >= 4 is 17.3 Å². The van der Waals surface area contributed by atoms with Crippen LogP contribution in [0.3, 0.4) is 0 Å². The smallest absolute Gasteiger partial charge is 0.169 e. The molecular formula is C26H28N2OS. The van der Waals surface area contributed by atoms with E-state index in [-0.39, 0.29) is 6.04 Å². The molecule has 0 amide bonds. The van der Waals surface area contributed by atoms with Crippen LogP contribution in [-0.2, 0) is 0 Å². The fourth-order valence-corrected chi connectivity index (χ4v) is 4.56. The maximum Gasteiger partial charge on any atom is 0.169 e. The zero-order chi connectivity index (χ0) is 20.8. The van der Waals surface area contributed by atoms with Crippen LogP contribution in [0.2, 0.25) is 0 Å². The van der Waals surface area contributed by atoms with Crippen LogP contribution in [0.15, 0.2) is 84.9 Å². The minimum Gasteiger partial charge on any atom is -0.496 e. The van der Waals surface area contributed by atoms with Crippen molar-refractivity contribution in [2.45, 2.75) is 24.8 Å². The molecule has 0 aromatic heterocycles. The van der Waals surface area contributed by atoms with E-state index in [9.17, 15) is 0 Å². The van der Waals surface area contributed by atoms with E-state index in [1.54, 1.807) is 7.11 Å². The Balaban J connectivity index is 1.44. The topological polar surface area (TPSA) is 24.5 Å². The third-order valence-corrected chi connectivity index (χ3v) is 6.27. The van der Waals surface area contributed by atoms with E-state index < -0.39 is 0 Å². The zero-order valence-corrected chi connectivity index (χ0v) is 18.1. The SMILES string of the molecule is COc1ccccc1C1CCN(C(=S)NC(c2ccccc2)c2ccccc2)CC1. The number of rotatable bonds is 5. The van der Waals surface area contributed by atoms with E-state index in [1.807, 2.05) is 18.2 Å². The normalized spacial score (nSPS) is 14.5. The number of ether oxygens (including phenoxy) is 1. The summed E-state index contributed by atoms with van der Waals surface area (Å²) in [6.07, 6.45) is 2.15. The summed E-state index contributed by atoms with van der Waals surface area (Å²) < 4.78 is 5.57. The van der Waals surface area contributed by atoms with E-state index in [1.165, 1.54) is 16.7 Å². The molecule has 1 aliphatic heterocycles. The van der Waals surface area contributed by atoms with Gasteiger partial charge in [-0.1, -0.05) is 78.9 Å². The minimum atomic E-state index is 0.0480. The van der Waals surface area contributed by atoms with Gasteiger partial charge < -0.3 is 15.0 Å². The molecular weight excluding hydrogens is 388 g/mol. The molecule has 0 aliphatic carbocycles. The Morgan fingerprint density at radius 2 is 1.40 bits per heavy atom. The van der Waals surface area contributed by atoms with Gasteiger partial charge in [0.1, 0.15) is 5.75 Å². The molecule has 1 heterocycles. The van der Waals surface area contributed by atoms with Crippen LogP contribution in [0, 0.1) is 0 Å². The molecule has 0 spiro atoms. The Labute approximate surface area is 184 Å². The minimum absolute atomic E-state index is 0.0480. The fraction of sp³-hybridized carbons (Fsp3) is 0.269. The van der Waals surface area contributed by atoms with E-state index in [2.05, 4.69) is 76.9 Å². The number of nitrogens with one attached hydrogen (secondary N) is 1. The van der Waals surface area contributed by atoms with Crippen molar-refractivity contribution < 1.29 is 4.74 Å². The van der Waals surface area contributed by atoms with Gasteiger partial charge in [0.05, 0.1) is 13.2 Å². The molecule has 4 heteroatoms. The predicted molar refractivity (Wildman–Crippen MR) is 127 cm³/mol. The van der Waals surface area contributed by atoms with Crippen molar-refractivity contribution in [1.29, 1.82) is 0 Å². The van der Waals surface area contributed by atoms with Gasteiger partial charge >= 0.3 is 0 Å². The van der Waals surface area contributed by atoms with E-state index >= 15 is 0 Å².